The highest BCUT2D eigenvalue weighted by Crippen LogP contribution is 2.35. The first-order chi connectivity index (χ1) is 13.6. The average Bonchev–Trinajstić information content (AvgIpc) is 3.13. The van der Waals surface area contributed by atoms with Gasteiger partial charge in [-0.1, -0.05) is 12.1 Å². The first-order valence-corrected chi connectivity index (χ1v) is 9.88. The fourth-order valence-electron chi connectivity index (χ4n) is 4.00. The molecule has 2 atom stereocenters. The lowest BCUT2D eigenvalue weighted by Gasteiger charge is -2.40. The van der Waals surface area contributed by atoms with E-state index in [2.05, 4.69) is 56.9 Å². The van der Waals surface area contributed by atoms with Gasteiger partial charge >= 0.3 is 0 Å². The molecule has 1 aliphatic rings. The lowest BCUT2D eigenvalue weighted by Crippen LogP contribution is -2.45. The topological polar surface area (TPSA) is 66.7 Å². The molecule has 0 aliphatic carbocycles. The van der Waals surface area contributed by atoms with Gasteiger partial charge < -0.3 is 15.4 Å². The molecule has 1 aliphatic heterocycles. The second-order valence-electron chi connectivity index (χ2n) is 7.35. The maximum absolute atomic E-state index is 5.31. The molecule has 1 aromatic heterocycles. The molecule has 29 heavy (non-hydrogen) atoms. The Morgan fingerprint density at radius 2 is 1.97 bits per heavy atom. The van der Waals surface area contributed by atoms with Gasteiger partial charge in [0.1, 0.15) is 5.75 Å². The van der Waals surface area contributed by atoms with Crippen molar-refractivity contribution in [3.05, 3.63) is 47.8 Å². The van der Waals surface area contributed by atoms with Crippen LogP contribution in [-0.2, 0) is 13.6 Å². The molecule has 2 aromatic rings. The Labute approximate surface area is 190 Å². The predicted molar refractivity (Wildman–Crippen MR) is 128 cm³/mol. The quantitative estimate of drug-likeness (QED) is 0.354. The van der Waals surface area contributed by atoms with Crippen LogP contribution in [-0.4, -0.2) is 54.9 Å². The van der Waals surface area contributed by atoms with Crippen LogP contribution in [0.1, 0.15) is 30.1 Å². The van der Waals surface area contributed by atoms with E-state index in [9.17, 15) is 0 Å². The number of piperidine rings is 1. The zero-order valence-electron chi connectivity index (χ0n) is 17.8. The standard InChI is InChI=1S/C21H32N6O.HI/c1-22-21(24-15-18-11-12-25-27(18)3)23-14-17-6-5-13-26(2)20(17)16-7-9-19(28-4)10-8-16;/h7-12,17,20H,5-6,13-15H2,1-4H3,(H2,22,23,24);1H. The van der Waals surface area contributed by atoms with Crippen molar-refractivity contribution in [2.45, 2.75) is 25.4 Å². The number of nitrogens with one attached hydrogen (secondary N) is 2. The van der Waals surface area contributed by atoms with Gasteiger partial charge in [-0.15, -0.1) is 24.0 Å². The molecule has 8 heteroatoms. The molecule has 2 unspecified atom stereocenters. The van der Waals surface area contributed by atoms with E-state index in [1.165, 1.54) is 18.4 Å². The zero-order valence-corrected chi connectivity index (χ0v) is 20.1. The molecule has 2 heterocycles. The fraction of sp³-hybridized carbons (Fsp3) is 0.524. The maximum Gasteiger partial charge on any atom is 0.191 e. The first-order valence-electron chi connectivity index (χ1n) is 9.88. The lowest BCUT2D eigenvalue weighted by atomic mass is 9.85. The molecule has 1 fully saturated rings. The van der Waals surface area contributed by atoms with E-state index < -0.39 is 0 Å². The number of hydrogen-bond donors (Lipinski definition) is 2. The number of nitrogens with zero attached hydrogens (tertiary/aromatic N) is 4. The first kappa shape index (κ1) is 23.5. The van der Waals surface area contributed by atoms with Crippen molar-refractivity contribution >= 4 is 29.9 Å². The second-order valence-corrected chi connectivity index (χ2v) is 7.35. The molecule has 0 saturated carbocycles. The van der Waals surface area contributed by atoms with E-state index in [1.54, 1.807) is 7.11 Å². The van der Waals surface area contributed by atoms with Gasteiger partial charge in [0.15, 0.2) is 5.96 Å². The van der Waals surface area contributed by atoms with E-state index in [-0.39, 0.29) is 24.0 Å². The fourth-order valence-corrected chi connectivity index (χ4v) is 4.00. The highest BCUT2D eigenvalue weighted by Gasteiger charge is 2.30. The number of rotatable bonds is 6. The van der Waals surface area contributed by atoms with Gasteiger partial charge in [0, 0.05) is 32.9 Å². The minimum absolute atomic E-state index is 0. The summed E-state index contributed by atoms with van der Waals surface area (Å²) in [6, 6.07) is 10.9. The molecule has 0 amide bonds. The molecule has 1 aromatic carbocycles. The van der Waals surface area contributed by atoms with Gasteiger partial charge in [-0.05, 0) is 56.1 Å². The summed E-state index contributed by atoms with van der Waals surface area (Å²) in [4.78, 5) is 6.84. The molecule has 2 N–H and O–H groups in total. The summed E-state index contributed by atoms with van der Waals surface area (Å²) in [5.41, 5.74) is 2.46. The summed E-state index contributed by atoms with van der Waals surface area (Å²) >= 11 is 0. The molecule has 7 nitrogen and oxygen atoms in total. The van der Waals surface area contributed by atoms with Crippen LogP contribution in [0.25, 0.3) is 0 Å². The third-order valence-electron chi connectivity index (χ3n) is 5.58. The van der Waals surface area contributed by atoms with Crippen molar-refractivity contribution in [1.29, 1.82) is 0 Å². The van der Waals surface area contributed by atoms with Crippen molar-refractivity contribution in [3.63, 3.8) is 0 Å². The van der Waals surface area contributed by atoms with Crippen molar-refractivity contribution in [2.24, 2.45) is 18.0 Å². The molecule has 0 spiro atoms. The Morgan fingerprint density at radius 1 is 1.21 bits per heavy atom. The van der Waals surface area contributed by atoms with Crippen LogP contribution in [0.5, 0.6) is 5.75 Å². The molecular weight excluding hydrogens is 479 g/mol. The van der Waals surface area contributed by atoms with Crippen LogP contribution in [0, 0.1) is 5.92 Å². The van der Waals surface area contributed by atoms with Crippen molar-refractivity contribution in [3.8, 4) is 5.75 Å². The Kier molecular flexibility index (Phi) is 9.22. The number of aromatic nitrogens is 2. The van der Waals surface area contributed by atoms with Gasteiger partial charge in [-0.25, -0.2) is 0 Å². The summed E-state index contributed by atoms with van der Waals surface area (Å²) in [5, 5.41) is 11.1. The summed E-state index contributed by atoms with van der Waals surface area (Å²) < 4.78 is 7.18. The maximum atomic E-state index is 5.31. The van der Waals surface area contributed by atoms with E-state index in [1.807, 2.05) is 31.0 Å². The van der Waals surface area contributed by atoms with Crippen LogP contribution in [0.4, 0.5) is 0 Å². The summed E-state index contributed by atoms with van der Waals surface area (Å²) in [6.07, 6.45) is 4.23. The van der Waals surface area contributed by atoms with Crippen LogP contribution >= 0.6 is 24.0 Å². The van der Waals surface area contributed by atoms with Gasteiger partial charge in [0.25, 0.3) is 0 Å². The SMILES string of the molecule is CN=C(NCc1ccnn1C)NCC1CCCN(C)C1c1ccc(OC)cc1.I. The predicted octanol–water partition coefficient (Wildman–Crippen LogP) is 2.79. The zero-order chi connectivity index (χ0) is 19.9. The Hall–Kier alpha value is -1.81. The van der Waals surface area contributed by atoms with Gasteiger partial charge in [-0.2, -0.15) is 5.10 Å². The van der Waals surface area contributed by atoms with E-state index in [0.717, 1.165) is 30.5 Å². The minimum Gasteiger partial charge on any atom is -0.497 e. The number of halogens is 1. The molecule has 0 radical (unpaired) electrons. The summed E-state index contributed by atoms with van der Waals surface area (Å²) in [5.74, 6) is 2.24. The van der Waals surface area contributed by atoms with E-state index in [4.69, 9.17) is 4.74 Å². The molecule has 3 rings (SSSR count). The smallest absolute Gasteiger partial charge is 0.191 e. The normalized spacial score (nSPS) is 20.1. The highest BCUT2D eigenvalue weighted by molar-refractivity contribution is 14.0. The van der Waals surface area contributed by atoms with Crippen LogP contribution in [0.2, 0.25) is 0 Å². The highest BCUT2D eigenvalue weighted by atomic mass is 127. The number of methoxy groups -OCH3 is 1. The van der Waals surface area contributed by atoms with Gasteiger partial charge in [0.2, 0.25) is 0 Å². The molecular formula is C21H33IN6O. The number of aliphatic imine (C=N–C) groups is 1. The van der Waals surface area contributed by atoms with Crippen LogP contribution in [0.3, 0.4) is 0 Å². The molecule has 160 valence electrons. The van der Waals surface area contributed by atoms with Crippen molar-refractivity contribution in [2.75, 3.05) is 34.3 Å². The number of benzene rings is 1. The van der Waals surface area contributed by atoms with Crippen molar-refractivity contribution in [1.82, 2.24) is 25.3 Å². The summed E-state index contributed by atoms with van der Waals surface area (Å²) in [6.45, 7) is 2.70. The monoisotopic (exact) mass is 512 g/mol. The Bertz CT molecular complexity index is 776. The van der Waals surface area contributed by atoms with Gasteiger partial charge in [0.05, 0.1) is 19.3 Å². The average molecular weight is 512 g/mol. The van der Waals surface area contributed by atoms with Crippen LogP contribution in [0.15, 0.2) is 41.5 Å². The van der Waals surface area contributed by atoms with Crippen molar-refractivity contribution < 1.29 is 4.74 Å². The Balaban J connectivity index is 0.00000300. The molecule has 0 bridgehead atoms. The summed E-state index contributed by atoms with van der Waals surface area (Å²) in [7, 11) is 7.69. The van der Waals surface area contributed by atoms with Crippen LogP contribution < -0.4 is 15.4 Å². The van der Waals surface area contributed by atoms with E-state index in [0.29, 0.717) is 18.5 Å². The Morgan fingerprint density at radius 3 is 2.59 bits per heavy atom. The number of ether oxygens (including phenoxy) is 1. The minimum atomic E-state index is 0. The third-order valence-corrected chi connectivity index (χ3v) is 5.58. The van der Waals surface area contributed by atoms with E-state index >= 15 is 0 Å². The molecule has 1 saturated heterocycles. The largest absolute Gasteiger partial charge is 0.497 e. The third kappa shape index (κ3) is 6.08. The van der Waals surface area contributed by atoms with Gasteiger partial charge in [-0.3, -0.25) is 14.6 Å². The number of aryl methyl sites for hydroxylation is 1. The number of likely N-dealkylation sites (tertiary alicyclic amines) is 1. The number of hydrogen-bond acceptors (Lipinski definition) is 4. The number of guanidine groups is 1. The second kappa shape index (κ2) is 11.4. The lowest BCUT2D eigenvalue weighted by molar-refractivity contribution is 0.122.